The quantitative estimate of drug-likeness (QED) is 0.321. The third-order valence-electron chi connectivity index (χ3n) is 5.60. The molecule has 3 aromatic carbocycles. The van der Waals surface area contributed by atoms with E-state index in [0.717, 1.165) is 15.9 Å². The van der Waals surface area contributed by atoms with E-state index in [0.29, 0.717) is 17.1 Å². The average Bonchev–Trinajstić information content (AvgIpc) is 2.87. The Kier molecular flexibility index (Phi) is 8.15. The second-order valence-corrected chi connectivity index (χ2v) is 9.81. The van der Waals surface area contributed by atoms with Gasteiger partial charge in [0.2, 0.25) is 5.91 Å². The van der Waals surface area contributed by atoms with Crippen LogP contribution in [-0.4, -0.2) is 40.0 Å². The molecule has 0 radical (unpaired) electrons. The lowest BCUT2D eigenvalue weighted by molar-refractivity contribution is -0.385. The van der Waals surface area contributed by atoms with Crippen molar-refractivity contribution in [1.29, 1.82) is 0 Å². The first kappa shape index (κ1) is 26.5. The van der Waals surface area contributed by atoms with Gasteiger partial charge in [0.1, 0.15) is 18.0 Å². The molecular weight excluding hydrogens is 486 g/mol. The maximum atomic E-state index is 13.6. The normalized spacial score (nSPS) is 11.9. The van der Waals surface area contributed by atoms with Gasteiger partial charge in [0, 0.05) is 17.2 Å². The number of nitro benzene ring substituents is 1. The van der Waals surface area contributed by atoms with Crippen molar-refractivity contribution in [1.82, 2.24) is 5.32 Å². The topological polar surface area (TPSA) is 128 Å². The molecule has 0 fully saturated rings. The SMILES string of the molecule is COc1ccc(N(CC(=O)NC(C)c2ccccc2OC)S(=O)(=O)c2ccc(C)c([N+](=O)[O-])c2)cc1. The number of aryl methyl sites for hydroxylation is 1. The summed E-state index contributed by atoms with van der Waals surface area (Å²) in [6, 6.07) is 16.4. The number of benzene rings is 3. The van der Waals surface area contributed by atoms with Gasteiger partial charge < -0.3 is 14.8 Å². The van der Waals surface area contributed by atoms with Crippen LogP contribution in [0.2, 0.25) is 0 Å². The molecule has 0 aliphatic rings. The molecule has 1 N–H and O–H groups in total. The number of amides is 1. The first-order chi connectivity index (χ1) is 17.1. The summed E-state index contributed by atoms with van der Waals surface area (Å²) in [6.45, 7) is 2.71. The number of carbonyl (C=O) groups is 1. The third-order valence-corrected chi connectivity index (χ3v) is 7.37. The Labute approximate surface area is 209 Å². The molecule has 1 atom stereocenters. The van der Waals surface area contributed by atoms with Crippen molar-refractivity contribution in [3.05, 3.63) is 88.0 Å². The second kappa shape index (κ2) is 11.1. The van der Waals surface area contributed by atoms with Crippen LogP contribution in [-0.2, 0) is 14.8 Å². The summed E-state index contributed by atoms with van der Waals surface area (Å²) in [6.07, 6.45) is 0. The van der Waals surface area contributed by atoms with Gasteiger partial charge in [-0.2, -0.15) is 0 Å². The summed E-state index contributed by atoms with van der Waals surface area (Å²) < 4.78 is 38.7. The predicted molar refractivity (Wildman–Crippen MR) is 135 cm³/mol. The molecule has 0 aromatic heterocycles. The van der Waals surface area contributed by atoms with E-state index in [1.807, 2.05) is 0 Å². The first-order valence-electron chi connectivity index (χ1n) is 10.9. The van der Waals surface area contributed by atoms with Crippen molar-refractivity contribution in [2.75, 3.05) is 25.1 Å². The van der Waals surface area contributed by atoms with E-state index in [1.54, 1.807) is 43.3 Å². The van der Waals surface area contributed by atoms with Crippen LogP contribution in [0.1, 0.15) is 24.1 Å². The van der Waals surface area contributed by atoms with E-state index in [9.17, 15) is 23.3 Å². The number of carbonyl (C=O) groups excluding carboxylic acids is 1. The molecule has 0 aliphatic carbocycles. The van der Waals surface area contributed by atoms with Crippen molar-refractivity contribution in [3.63, 3.8) is 0 Å². The van der Waals surface area contributed by atoms with Crippen molar-refractivity contribution in [3.8, 4) is 11.5 Å². The zero-order valence-corrected chi connectivity index (χ0v) is 21.1. The van der Waals surface area contributed by atoms with E-state index in [2.05, 4.69) is 5.32 Å². The standard InChI is InChI=1S/C25H27N3O7S/c1-17-9-14-21(15-23(17)28(30)31)36(32,33)27(19-10-12-20(34-3)13-11-19)16-25(29)26-18(2)22-7-5-6-8-24(22)35-4/h5-15,18H,16H2,1-4H3,(H,26,29). The fourth-order valence-electron chi connectivity index (χ4n) is 3.66. The van der Waals surface area contributed by atoms with E-state index in [-0.39, 0.29) is 16.3 Å². The van der Waals surface area contributed by atoms with Gasteiger partial charge in [-0.1, -0.05) is 24.3 Å². The Morgan fingerprint density at radius 3 is 2.33 bits per heavy atom. The number of rotatable bonds is 10. The fourth-order valence-corrected chi connectivity index (χ4v) is 5.10. The monoisotopic (exact) mass is 513 g/mol. The van der Waals surface area contributed by atoms with Gasteiger partial charge in [0.15, 0.2) is 0 Å². The maximum absolute atomic E-state index is 13.6. The minimum Gasteiger partial charge on any atom is -0.497 e. The van der Waals surface area contributed by atoms with Crippen LogP contribution in [0.3, 0.4) is 0 Å². The van der Waals surface area contributed by atoms with Crippen LogP contribution in [0.25, 0.3) is 0 Å². The lowest BCUT2D eigenvalue weighted by Gasteiger charge is -2.25. The van der Waals surface area contributed by atoms with Crippen LogP contribution < -0.4 is 19.1 Å². The molecule has 0 spiro atoms. The van der Waals surface area contributed by atoms with Gasteiger partial charge in [0.05, 0.1) is 35.8 Å². The first-order valence-corrected chi connectivity index (χ1v) is 12.4. The van der Waals surface area contributed by atoms with Crippen molar-refractivity contribution in [2.45, 2.75) is 24.8 Å². The van der Waals surface area contributed by atoms with Crippen molar-refractivity contribution < 1.29 is 27.6 Å². The number of nitro groups is 1. The molecule has 1 amide bonds. The molecule has 0 heterocycles. The molecule has 11 heteroatoms. The zero-order chi connectivity index (χ0) is 26.5. The molecule has 3 rings (SSSR count). The molecular formula is C25H27N3O7S. The number of nitrogens with one attached hydrogen (secondary N) is 1. The molecule has 0 saturated carbocycles. The summed E-state index contributed by atoms with van der Waals surface area (Å²) in [7, 11) is -1.36. The Balaban J connectivity index is 1.97. The van der Waals surface area contributed by atoms with Crippen molar-refractivity contribution in [2.24, 2.45) is 0 Å². The minimum atomic E-state index is -4.35. The third kappa shape index (κ3) is 5.74. The van der Waals surface area contributed by atoms with Gasteiger partial charge in [-0.05, 0) is 50.2 Å². The highest BCUT2D eigenvalue weighted by Gasteiger charge is 2.30. The molecule has 1 unspecified atom stereocenters. The number of nitrogens with zero attached hydrogens (tertiary/aromatic N) is 2. The van der Waals surface area contributed by atoms with Crippen LogP contribution in [0, 0.1) is 17.0 Å². The Morgan fingerprint density at radius 1 is 1.06 bits per heavy atom. The van der Waals surface area contributed by atoms with Crippen LogP contribution in [0.5, 0.6) is 11.5 Å². The maximum Gasteiger partial charge on any atom is 0.273 e. The number of sulfonamides is 1. The predicted octanol–water partition coefficient (Wildman–Crippen LogP) is 3.99. The van der Waals surface area contributed by atoms with Gasteiger partial charge >= 0.3 is 0 Å². The van der Waals surface area contributed by atoms with E-state index in [4.69, 9.17) is 9.47 Å². The second-order valence-electron chi connectivity index (χ2n) is 7.95. The molecule has 190 valence electrons. The smallest absolute Gasteiger partial charge is 0.273 e. The number of para-hydroxylation sites is 1. The summed E-state index contributed by atoms with van der Waals surface area (Å²) in [4.78, 5) is 23.5. The lowest BCUT2D eigenvalue weighted by Crippen LogP contribution is -2.41. The number of ether oxygens (including phenoxy) is 2. The fraction of sp³-hybridized carbons (Fsp3) is 0.240. The minimum absolute atomic E-state index is 0.194. The lowest BCUT2D eigenvalue weighted by atomic mass is 10.1. The van der Waals surface area contributed by atoms with E-state index >= 15 is 0 Å². The molecule has 0 saturated heterocycles. The largest absolute Gasteiger partial charge is 0.497 e. The van der Waals surface area contributed by atoms with Gasteiger partial charge in [0.25, 0.3) is 15.7 Å². The van der Waals surface area contributed by atoms with Gasteiger partial charge in [-0.3, -0.25) is 19.2 Å². The van der Waals surface area contributed by atoms with Gasteiger partial charge in [-0.15, -0.1) is 0 Å². The number of methoxy groups -OCH3 is 2. The Bertz CT molecular complexity index is 1360. The Morgan fingerprint density at radius 2 is 1.72 bits per heavy atom. The summed E-state index contributed by atoms with van der Waals surface area (Å²) in [5.74, 6) is 0.502. The molecule has 0 bridgehead atoms. The highest BCUT2D eigenvalue weighted by atomic mass is 32.2. The van der Waals surface area contributed by atoms with Crippen LogP contribution in [0.4, 0.5) is 11.4 Å². The molecule has 10 nitrogen and oxygen atoms in total. The highest BCUT2D eigenvalue weighted by molar-refractivity contribution is 7.92. The average molecular weight is 514 g/mol. The summed E-state index contributed by atoms with van der Waals surface area (Å²) in [5, 5.41) is 14.2. The zero-order valence-electron chi connectivity index (χ0n) is 20.3. The van der Waals surface area contributed by atoms with E-state index < -0.39 is 33.4 Å². The Hall–Kier alpha value is -4.12. The number of hydrogen-bond acceptors (Lipinski definition) is 7. The highest BCUT2D eigenvalue weighted by Crippen LogP contribution is 2.29. The summed E-state index contributed by atoms with van der Waals surface area (Å²) >= 11 is 0. The molecule has 0 aliphatic heterocycles. The molecule has 3 aromatic rings. The number of anilines is 1. The number of hydrogen-bond donors (Lipinski definition) is 1. The van der Waals surface area contributed by atoms with Crippen LogP contribution in [0.15, 0.2) is 71.6 Å². The molecule has 36 heavy (non-hydrogen) atoms. The van der Waals surface area contributed by atoms with Crippen LogP contribution >= 0.6 is 0 Å². The summed E-state index contributed by atoms with van der Waals surface area (Å²) in [5.41, 5.74) is 0.902. The van der Waals surface area contributed by atoms with Crippen molar-refractivity contribution >= 4 is 27.3 Å². The van der Waals surface area contributed by atoms with E-state index in [1.165, 1.54) is 45.4 Å². The van der Waals surface area contributed by atoms with Gasteiger partial charge in [-0.25, -0.2) is 8.42 Å².